The molecule has 0 fully saturated rings. The third-order valence-corrected chi connectivity index (χ3v) is 4.16. The zero-order valence-electron chi connectivity index (χ0n) is 13.7. The topological polar surface area (TPSA) is 64.3 Å². The number of carbonyl (C=O) groups is 1. The van der Waals surface area contributed by atoms with Crippen LogP contribution in [0.1, 0.15) is 24.6 Å². The summed E-state index contributed by atoms with van der Waals surface area (Å²) >= 11 is 0. The molecular weight excluding hydrogens is 292 g/mol. The molecule has 0 aliphatic heterocycles. The van der Waals surface area contributed by atoms with Gasteiger partial charge in [-0.25, -0.2) is 4.98 Å². The predicted octanol–water partition coefficient (Wildman–Crippen LogP) is 2.34. The molecule has 1 aromatic heterocycles. The molecule has 0 spiro atoms. The lowest BCUT2D eigenvalue weighted by Crippen LogP contribution is -2.29. The van der Waals surface area contributed by atoms with Gasteiger partial charge in [-0.2, -0.15) is 0 Å². The van der Waals surface area contributed by atoms with Crippen LogP contribution in [0.4, 0.5) is 0 Å². The number of ether oxygens (including phenoxy) is 1. The number of hydrogen-bond acceptors (Lipinski definition) is 4. The molecule has 2 aromatic rings. The summed E-state index contributed by atoms with van der Waals surface area (Å²) < 4.78 is 7.35. The first-order valence-corrected chi connectivity index (χ1v) is 7.92. The van der Waals surface area contributed by atoms with Gasteiger partial charge in [0.1, 0.15) is 6.61 Å². The number of rotatable bonds is 8. The van der Waals surface area contributed by atoms with Gasteiger partial charge in [0.05, 0.1) is 12.2 Å². The Balaban J connectivity index is 1.98. The number of benzene rings is 1. The second-order valence-electron chi connectivity index (χ2n) is 5.75. The first-order valence-electron chi connectivity index (χ1n) is 7.92. The fraction of sp³-hybridized carbons (Fsp3) is 0.444. The molecule has 0 bridgehead atoms. The average Bonchev–Trinajstić information content (AvgIpc) is 2.98. The van der Waals surface area contributed by atoms with E-state index in [0.717, 1.165) is 11.3 Å². The van der Waals surface area contributed by atoms with Crippen LogP contribution in [0.25, 0.3) is 0 Å². The zero-order valence-corrected chi connectivity index (χ0v) is 13.7. The monoisotopic (exact) mass is 316 g/mol. The first-order chi connectivity index (χ1) is 11.2. The Hall–Kier alpha value is -2.14. The van der Waals surface area contributed by atoms with Crippen LogP contribution in [0, 0.1) is 11.8 Å². The summed E-state index contributed by atoms with van der Waals surface area (Å²) in [4.78, 5) is 16.5. The van der Waals surface area contributed by atoms with Crippen molar-refractivity contribution in [2.45, 2.75) is 26.4 Å². The summed E-state index contributed by atoms with van der Waals surface area (Å²) in [7, 11) is 1.91. The largest absolute Gasteiger partial charge is 0.461 e. The fourth-order valence-corrected chi connectivity index (χ4v) is 2.71. The van der Waals surface area contributed by atoms with E-state index in [2.05, 4.69) is 4.98 Å². The van der Waals surface area contributed by atoms with E-state index in [1.165, 1.54) is 0 Å². The summed E-state index contributed by atoms with van der Waals surface area (Å²) in [6.07, 6.45) is 4.73. The molecule has 0 unspecified atom stereocenters. The van der Waals surface area contributed by atoms with E-state index in [1.807, 2.05) is 48.9 Å². The molecule has 5 heteroatoms. The smallest absolute Gasteiger partial charge is 0.309 e. The molecule has 0 aliphatic carbocycles. The molecule has 1 heterocycles. The first kappa shape index (κ1) is 17.2. The predicted molar refractivity (Wildman–Crippen MR) is 87.5 cm³/mol. The number of carbonyl (C=O) groups excluding carboxylic acids is 1. The number of hydrogen-bond donors (Lipinski definition) is 1. The molecule has 2 atom stereocenters. The van der Waals surface area contributed by atoms with Gasteiger partial charge in [-0.3, -0.25) is 4.79 Å². The van der Waals surface area contributed by atoms with Crippen molar-refractivity contribution in [1.82, 2.24) is 9.55 Å². The quantitative estimate of drug-likeness (QED) is 0.759. The molecule has 23 heavy (non-hydrogen) atoms. The number of esters is 1. The minimum atomic E-state index is -0.321. The van der Waals surface area contributed by atoms with Gasteiger partial charge in [0.2, 0.25) is 0 Å². The molecule has 0 saturated heterocycles. The second-order valence-corrected chi connectivity index (χ2v) is 5.75. The van der Waals surface area contributed by atoms with Gasteiger partial charge in [0.25, 0.3) is 0 Å². The highest BCUT2D eigenvalue weighted by atomic mass is 16.5. The van der Waals surface area contributed by atoms with Crippen molar-refractivity contribution in [3.05, 3.63) is 54.1 Å². The van der Waals surface area contributed by atoms with Crippen LogP contribution in [-0.4, -0.2) is 27.2 Å². The van der Waals surface area contributed by atoms with Crippen molar-refractivity contribution in [2.75, 3.05) is 6.61 Å². The Kier molecular flexibility index (Phi) is 6.35. The summed E-state index contributed by atoms with van der Waals surface area (Å²) in [6, 6.07) is 9.61. The Morgan fingerprint density at radius 1 is 1.35 bits per heavy atom. The zero-order chi connectivity index (χ0) is 16.7. The normalized spacial score (nSPS) is 13.5. The van der Waals surface area contributed by atoms with Crippen molar-refractivity contribution in [3.63, 3.8) is 0 Å². The molecule has 1 N–H and O–H groups in total. The van der Waals surface area contributed by atoms with E-state index < -0.39 is 0 Å². The van der Waals surface area contributed by atoms with Crippen LogP contribution in [0.3, 0.4) is 0 Å². The minimum Gasteiger partial charge on any atom is -0.461 e. The molecule has 1 aromatic carbocycles. The van der Waals surface area contributed by atoms with Gasteiger partial charge < -0.3 is 14.4 Å². The molecule has 0 aliphatic rings. The van der Waals surface area contributed by atoms with E-state index in [0.29, 0.717) is 12.8 Å². The molecule has 2 rings (SSSR count). The number of aryl methyl sites for hydroxylation is 1. The summed E-state index contributed by atoms with van der Waals surface area (Å²) in [5.74, 6) is -0.741. The van der Waals surface area contributed by atoms with Gasteiger partial charge in [-0.15, -0.1) is 0 Å². The Bertz CT molecular complexity index is 610. The molecule has 0 radical (unpaired) electrons. The van der Waals surface area contributed by atoms with Crippen molar-refractivity contribution in [1.29, 1.82) is 0 Å². The van der Waals surface area contributed by atoms with Crippen LogP contribution < -0.4 is 0 Å². The number of imidazole rings is 1. The highest BCUT2D eigenvalue weighted by molar-refractivity contribution is 5.72. The van der Waals surface area contributed by atoms with Gasteiger partial charge >= 0.3 is 5.97 Å². The van der Waals surface area contributed by atoms with E-state index >= 15 is 0 Å². The molecular formula is C18H24N2O3. The standard InChI is InChI=1S/C18H24N2O3/c1-3-17(15(11-21)9-16-10-19-13-20(16)2)18(22)23-12-14-7-5-4-6-8-14/h4-8,10,13,15,17,21H,3,9,11-12H2,1-2H3/t15-,17-/m0/s1. The fourth-order valence-electron chi connectivity index (χ4n) is 2.71. The van der Waals surface area contributed by atoms with E-state index in [1.54, 1.807) is 12.5 Å². The van der Waals surface area contributed by atoms with Gasteiger partial charge in [-0.05, 0) is 18.4 Å². The maximum Gasteiger partial charge on any atom is 0.309 e. The van der Waals surface area contributed by atoms with Crippen LogP contribution >= 0.6 is 0 Å². The van der Waals surface area contributed by atoms with Gasteiger partial charge in [0.15, 0.2) is 0 Å². The third kappa shape index (κ3) is 4.66. The van der Waals surface area contributed by atoms with Gasteiger partial charge in [0, 0.05) is 31.5 Å². The van der Waals surface area contributed by atoms with Crippen LogP contribution in [-0.2, 0) is 29.6 Å². The lowest BCUT2D eigenvalue weighted by molar-refractivity contribution is -0.152. The van der Waals surface area contributed by atoms with Crippen LogP contribution in [0.2, 0.25) is 0 Å². The van der Waals surface area contributed by atoms with E-state index in [9.17, 15) is 9.90 Å². The van der Waals surface area contributed by atoms with Crippen LogP contribution in [0.5, 0.6) is 0 Å². The summed E-state index contributed by atoms with van der Waals surface area (Å²) in [5.41, 5.74) is 1.96. The SMILES string of the molecule is CC[C@H](C(=O)OCc1ccccc1)[C@H](CO)Cc1cncn1C. The van der Waals surface area contributed by atoms with Gasteiger partial charge in [-0.1, -0.05) is 37.3 Å². The summed E-state index contributed by atoms with van der Waals surface area (Å²) in [6.45, 7) is 2.16. The summed E-state index contributed by atoms with van der Waals surface area (Å²) in [5, 5.41) is 9.71. The average molecular weight is 316 g/mol. The van der Waals surface area contributed by atoms with Crippen molar-refractivity contribution in [2.24, 2.45) is 18.9 Å². The lowest BCUT2D eigenvalue weighted by atomic mass is 9.87. The Morgan fingerprint density at radius 3 is 2.65 bits per heavy atom. The van der Waals surface area contributed by atoms with Crippen molar-refractivity contribution < 1.29 is 14.6 Å². The van der Waals surface area contributed by atoms with Crippen molar-refractivity contribution >= 4 is 5.97 Å². The Labute approximate surface area is 136 Å². The molecule has 0 amide bonds. The number of aliphatic hydroxyl groups excluding tert-OH is 1. The van der Waals surface area contributed by atoms with E-state index in [-0.39, 0.29) is 31.0 Å². The molecule has 0 saturated carbocycles. The second kappa shape index (κ2) is 8.48. The Morgan fingerprint density at radius 2 is 2.09 bits per heavy atom. The van der Waals surface area contributed by atoms with Crippen molar-refractivity contribution in [3.8, 4) is 0 Å². The molecule has 124 valence electrons. The van der Waals surface area contributed by atoms with E-state index in [4.69, 9.17) is 4.74 Å². The lowest BCUT2D eigenvalue weighted by Gasteiger charge is -2.23. The number of aromatic nitrogens is 2. The highest BCUT2D eigenvalue weighted by Crippen LogP contribution is 2.22. The number of nitrogens with zero attached hydrogens (tertiary/aromatic N) is 2. The number of aliphatic hydroxyl groups is 1. The highest BCUT2D eigenvalue weighted by Gasteiger charge is 2.28. The maximum atomic E-state index is 12.4. The maximum absolute atomic E-state index is 12.4. The molecule has 5 nitrogen and oxygen atoms in total. The third-order valence-electron chi connectivity index (χ3n) is 4.16. The minimum absolute atomic E-state index is 0.0515. The van der Waals surface area contributed by atoms with Crippen LogP contribution in [0.15, 0.2) is 42.9 Å².